The molecule has 0 aromatic heterocycles. The molecule has 6 nitrogen and oxygen atoms in total. The van der Waals surface area contributed by atoms with E-state index in [0.29, 0.717) is 11.3 Å². The van der Waals surface area contributed by atoms with Gasteiger partial charge >= 0.3 is 0 Å². The molecule has 1 rings (SSSR count). The maximum absolute atomic E-state index is 11.7. The van der Waals surface area contributed by atoms with Crippen molar-refractivity contribution in [1.82, 2.24) is 5.32 Å². The van der Waals surface area contributed by atoms with E-state index in [9.17, 15) is 13.2 Å². The van der Waals surface area contributed by atoms with E-state index in [0.717, 1.165) is 6.26 Å². The summed E-state index contributed by atoms with van der Waals surface area (Å²) in [7, 11) is -3.27. The first-order chi connectivity index (χ1) is 9.67. The Bertz CT molecular complexity index is 660. The summed E-state index contributed by atoms with van der Waals surface area (Å²) in [6, 6.07) is 8.52. The lowest BCUT2D eigenvalue weighted by atomic mass is 10.2. The minimum atomic E-state index is -3.27. The Morgan fingerprint density at radius 1 is 1.38 bits per heavy atom. The number of ether oxygens (including phenoxy) is 1. The number of nitriles is 1. The van der Waals surface area contributed by atoms with Gasteiger partial charge in [0.25, 0.3) is 5.91 Å². The van der Waals surface area contributed by atoms with Gasteiger partial charge in [0.1, 0.15) is 11.8 Å². The third kappa shape index (κ3) is 4.76. The summed E-state index contributed by atoms with van der Waals surface area (Å²) < 4.78 is 27.2. The van der Waals surface area contributed by atoms with Gasteiger partial charge in [-0.15, -0.1) is 0 Å². The fourth-order valence-electron chi connectivity index (χ4n) is 1.32. The maximum atomic E-state index is 11.7. The third-order valence-electron chi connectivity index (χ3n) is 3.08. The molecule has 0 radical (unpaired) electrons. The fraction of sp³-hybridized carbons (Fsp3) is 0.429. The summed E-state index contributed by atoms with van der Waals surface area (Å²) in [6.45, 7) is 2.79. The van der Waals surface area contributed by atoms with Crippen LogP contribution in [-0.4, -0.2) is 38.5 Å². The molecule has 0 aliphatic rings. The van der Waals surface area contributed by atoms with E-state index in [1.165, 1.54) is 13.8 Å². The van der Waals surface area contributed by atoms with Gasteiger partial charge in [-0.05, 0) is 26.0 Å². The van der Waals surface area contributed by atoms with Crippen LogP contribution in [-0.2, 0) is 14.6 Å². The number of sulfone groups is 1. The van der Waals surface area contributed by atoms with E-state index < -0.39 is 20.5 Å². The first-order valence-corrected chi connectivity index (χ1v) is 8.15. The predicted molar refractivity (Wildman–Crippen MR) is 78.6 cm³/mol. The van der Waals surface area contributed by atoms with Gasteiger partial charge in [-0.25, -0.2) is 8.42 Å². The number of benzene rings is 1. The molecule has 1 aromatic rings. The van der Waals surface area contributed by atoms with Gasteiger partial charge in [0, 0.05) is 12.8 Å². The number of carbonyl (C=O) groups is 1. The lowest BCUT2D eigenvalue weighted by Crippen LogP contribution is -2.45. The number of rotatable bonds is 6. The Morgan fingerprint density at radius 2 is 2.00 bits per heavy atom. The largest absolute Gasteiger partial charge is 0.482 e. The molecule has 0 bridgehead atoms. The Kier molecular flexibility index (Phi) is 5.33. The molecular formula is C14H18N2O4S. The highest BCUT2D eigenvalue weighted by molar-refractivity contribution is 7.92. The average molecular weight is 310 g/mol. The molecule has 0 spiro atoms. The monoisotopic (exact) mass is 310 g/mol. The van der Waals surface area contributed by atoms with Crippen molar-refractivity contribution in [3.8, 4) is 11.8 Å². The van der Waals surface area contributed by atoms with Crippen molar-refractivity contribution in [2.75, 3.05) is 19.4 Å². The van der Waals surface area contributed by atoms with E-state index in [2.05, 4.69) is 5.32 Å². The van der Waals surface area contributed by atoms with Crippen LogP contribution in [0.1, 0.15) is 19.4 Å². The Labute approximate surface area is 124 Å². The van der Waals surface area contributed by atoms with Crippen molar-refractivity contribution in [2.45, 2.75) is 18.6 Å². The normalized spacial score (nSPS) is 11.5. The van der Waals surface area contributed by atoms with Gasteiger partial charge in [0.2, 0.25) is 0 Å². The molecular weight excluding hydrogens is 292 g/mol. The Morgan fingerprint density at radius 3 is 2.57 bits per heavy atom. The van der Waals surface area contributed by atoms with Gasteiger partial charge < -0.3 is 10.1 Å². The van der Waals surface area contributed by atoms with E-state index in [-0.39, 0.29) is 13.2 Å². The second-order valence-electron chi connectivity index (χ2n) is 5.21. The van der Waals surface area contributed by atoms with Gasteiger partial charge in [-0.3, -0.25) is 4.79 Å². The third-order valence-corrected chi connectivity index (χ3v) is 5.23. The molecule has 0 unspecified atom stereocenters. The molecule has 0 aliphatic carbocycles. The summed E-state index contributed by atoms with van der Waals surface area (Å²) in [5.41, 5.74) is 0.335. The van der Waals surface area contributed by atoms with Crippen LogP contribution in [0.25, 0.3) is 0 Å². The topological polar surface area (TPSA) is 96.3 Å². The molecule has 7 heteroatoms. The Hall–Kier alpha value is -2.07. The zero-order valence-electron chi connectivity index (χ0n) is 12.2. The number of carbonyl (C=O) groups excluding carboxylic acids is 1. The molecule has 1 aromatic carbocycles. The van der Waals surface area contributed by atoms with Crippen molar-refractivity contribution in [1.29, 1.82) is 5.26 Å². The second kappa shape index (κ2) is 6.59. The molecule has 0 saturated heterocycles. The molecule has 1 amide bonds. The SMILES string of the molecule is CC(C)(CNC(=O)COc1ccccc1C#N)S(C)(=O)=O. The van der Waals surface area contributed by atoms with Crippen LogP contribution in [0.15, 0.2) is 24.3 Å². The van der Waals surface area contributed by atoms with Crippen molar-refractivity contribution < 1.29 is 17.9 Å². The van der Waals surface area contributed by atoms with Crippen LogP contribution < -0.4 is 10.1 Å². The number of hydrogen-bond acceptors (Lipinski definition) is 5. The molecule has 0 saturated carbocycles. The maximum Gasteiger partial charge on any atom is 0.257 e. The number of nitrogens with one attached hydrogen (secondary N) is 1. The molecule has 0 fully saturated rings. The highest BCUT2D eigenvalue weighted by atomic mass is 32.2. The van der Waals surface area contributed by atoms with Crippen LogP contribution in [0.3, 0.4) is 0 Å². The van der Waals surface area contributed by atoms with Gasteiger partial charge in [-0.1, -0.05) is 12.1 Å². The van der Waals surface area contributed by atoms with Gasteiger partial charge in [-0.2, -0.15) is 5.26 Å². The second-order valence-corrected chi connectivity index (χ2v) is 7.85. The zero-order valence-corrected chi connectivity index (χ0v) is 13.0. The molecule has 21 heavy (non-hydrogen) atoms. The number of nitrogens with zero attached hydrogens (tertiary/aromatic N) is 1. The summed E-state index contributed by atoms with van der Waals surface area (Å²) in [6.07, 6.45) is 1.12. The van der Waals surface area contributed by atoms with Crippen LogP contribution in [0.5, 0.6) is 5.75 Å². The molecule has 0 heterocycles. The number of amides is 1. The lowest BCUT2D eigenvalue weighted by Gasteiger charge is -2.22. The average Bonchev–Trinajstić information content (AvgIpc) is 2.42. The van der Waals surface area contributed by atoms with Crippen LogP contribution >= 0.6 is 0 Å². The van der Waals surface area contributed by atoms with Crippen LogP contribution in [0, 0.1) is 11.3 Å². The van der Waals surface area contributed by atoms with E-state index in [1.807, 2.05) is 6.07 Å². The van der Waals surface area contributed by atoms with Crippen LogP contribution in [0.4, 0.5) is 0 Å². The lowest BCUT2D eigenvalue weighted by molar-refractivity contribution is -0.123. The first kappa shape index (κ1) is 17.0. The van der Waals surface area contributed by atoms with Crippen LogP contribution in [0.2, 0.25) is 0 Å². The Balaban J connectivity index is 2.55. The van der Waals surface area contributed by atoms with E-state index in [4.69, 9.17) is 10.00 Å². The summed E-state index contributed by atoms with van der Waals surface area (Å²) in [5, 5.41) is 11.4. The highest BCUT2D eigenvalue weighted by Crippen LogP contribution is 2.16. The quantitative estimate of drug-likeness (QED) is 0.841. The molecule has 0 atom stereocenters. The van der Waals surface area contributed by atoms with Crippen molar-refractivity contribution in [3.05, 3.63) is 29.8 Å². The van der Waals surface area contributed by atoms with Crippen molar-refractivity contribution in [2.24, 2.45) is 0 Å². The number of hydrogen-bond donors (Lipinski definition) is 1. The van der Waals surface area contributed by atoms with Crippen molar-refractivity contribution in [3.63, 3.8) is 0 Å². The number of para-hydroxylation sites is 1. The fourth-order valence-corrected chi connectivity index (χ4v) is 1.66. The highest BCUT2D eigenvalue weighted by Gasteiger charge is 2.30. The predicted octanol–water partition coefficient (Wildman–Crippen LogP) is 0.876. The smallest absolute Gasteiger partial charge is 0.257 e. The molecule has 0 aliphatic heterocycles. The zero-order chi connectivity index (χ0) is 16.1. The molecule has 1 N–H and O–H groups in total. The first-order valence-electron chi connectivity index (χ1n) is 6.25. The van der Waals surface area contributed by atoms with Crippen molar-refractivity contribution >= 4 is 15.7 Å². The minimum absolute atomic E-state index is 0.00603. The van der Waals surface area contributed by atoms with E-state index >= 15 is 0 Å². The minimum Gasteiger partial charge on any atom is -0.482 e. The standard InChI is InChI=1S/C14H18N2O4S/c1-14(2,21(3,18)19)10-16-13(17)9-20-12-7-5-4-6-11(12)8-15/h4-7H,9-10H2,1-3H3,(H,16,17). The summed E-state index contributed by atoms with van der Waals surface area (Å²) in [5.74, 6) is -0.128. The van der Waals surface area contributed by atoms with Gasteiger partial charge in [0.05, 0.1) is 10.3 Å². The summed E-state index contributed by atoms with van der Waals surface area (Å²) >= 11 is 0. The molecule has 114 valence electrons. The van der Waals surface area contributed by atoms with Gasteiger partial charge in [0.15, 0.2) is 16.4 Å². The van der Waals surface area contributed by atoms with E-state index in [1.54, 1.807) is 24.3 Å². The summed E-state index contributed by atoms with van der Waals surface area (Å²) in [4.78, 5) is 11.7.